The zero-order valence-electron chi connectivity index (χ0n) is 15.1. The Morgan fingerprint density at radius 1 is 1.00 bits per heavy atom. The van der Waals surface area contributed by atoms with Crippen LogP contribution in [0.2, 0.25) is 0 Å². The summed E-state index contributed by atoms with van der Waals surface area (Å²) in [5.41, 5.74) is 1.41. The fourth-order valence-corrected chi connectivity index (χ4v) is 4.43. The molecule has 2 saturated heterocycles. The molecule has 0 bridgehead atoms. The Bertz CT molecular complexity index is 734. The van der Waals surface area contributed by atoms with E-state index in [-0.39, 0.29) is 5.82 Å². The average Bonchev–Trinajstić information content (AvgIpc) is 3.07. The van der Waals surface area contributed by atoms with Crippen molar-refractivity contribution in [3.63, 3.8) is 0 Å². The molecule has 136 valence electrons. The van der Waals surface area contributed by atoms with Crippen molar-refractivity contribution in [2.24, 2.45) is 0 Å². The van der Waals surface area contributed by atoms with Gasteiger partial charge in [0.2, 0.25) is 0 Å². The van der Waals surface area contributed by atoms with Gasteiger partial charge in [0.25, 0.3) is 0 Å². The minimum absolute atomic E-state index is 0.180. The number of hydrogen-bond acceptors (Lipinski definition) is 3. The third kappa shape index (κ3) is 3.65. The predicted molar refractivity (Wildman–Crippen MR) is 105 cm³/mol. The maximum absolute atomic E-state index is 13.0. The van der Waals surface area contributed by atoms with Crippen molar-refractivity contribution in [2.45, 2.75) is 31.2 Å². The Hall–Kier alpha value is -2.20. The summed E-state index contributed by atoms with van der Waals surface area (Å²) in [6, 6.07) is 12.8. The van der Waals surface area contributed by atoms with Crippen LogP contribution in [0.5, 0.6) is 0 Å². The summed E-state index contributed by atoms with van der Waals surface area (Å²) in [7, 11) is 0. The molecule has 0 unspecified atom stereocenters. The SMILES string of the molecule is Fc1ccc(/C=C/CN2CCCC23CCN(c2ccccn2)CC3)cc1. The Labute approximate surface area is 155 Å². The Kier molecular flexibility index (Phi) is 5.02. The van der Waals surface area contributed by atoms with Crippen LogP contribution in [0, 0.1) is 5.82 Å². The third-order valence-corrected chi connectivity index (χ3v) is 5.91. The number of piperidine rings is 1. The molecule has 3 heterocycles. The van der Waals surface area contributed by atoms with Gasteiger partial charge in [0, 0.05) is 31.4 Å². The highest BCUT2D eigenvalue weighted by Crippen LogP contribution is 2.39. The molecule has 1 aromatic carbocycles. The van der Waals surface area contributed by atoms with Gasteiger partial charge in [0.1, 0.15) is 11.6 Å². The summed E-state index contributed by atoms with van der Waals surface area (Å²) in [6.07, 6.45) is 11.2. The quantitative estimate of drug-likeness (QED) is 0.815. The van der Waals surface area contributed by atoms with Crippen molar-refractivity contribution in [2.75, 3.05) is 31.1 Å². The van der Waals surface area contributed by atoms with E-state index in [2.05, 4.69) is 39.1 Å². The monoisotopic (exact) mass is 351 g/mol. The van der Waals surface area contributed by atoms with Gasteiger partial charge >= 0.3 is 0 Å². The lowest BCUT2D eigenvalue weighted by Crippen LogP contribution is -2.52. The van der Waals surface area contributed by atoms with Crippen LogP contribution in [0.15, 0.2) is 54.7 Å². The van der Waals surface area contributed by atoms with Crippen molar-refractivity contribution in [3.05, 3.63) is 66.1 Å². The largest absolute Gasteiger partial charge is 0.356 e. The second-order valence-corrected chi connectivity index (χ2v) is 7.40. The van der Waals surface area contributed by atoms with Gasteiger partial charge in [0.15, 0.2) is 0 Å². The summed E-state index contributed by atoms with van der Waals surface area (Å²) in [5.74, 6) is 0.920. The predicted octanol–water partition coefficient (Wildman–Crippen LogP) is 4.37. The first-order valence-corrected chi connectivity index (χ1v) is 9.58. The molecular formula is C22H26FN3. The molecule has 0 saturated carbocycles. The smallest absolute Gasteiger partial charge is 0.128 e. The number of pyridine rings is 1. The van der Waals surface area contributed by atoms with Gasteiger partial charge in [-0.2, -0.15) is 0 Å². The van der Waals surface area contributed by atoms with Crippen LogP contribution < -0.4 is 4.90 Å². The van der Waals surface area contributed by atoms with Crippen LogP contribution in [-0.4, -0.2) is 41.6 Å². The summed E-state index contributed by atoms with van der Waals surface area (Å²) >= 11 is 0. The van der Waals surface area contributed by atoms with Crippen LogP contribution in [0.25, 0.3) is 6.08 Å². The number of likely N-dealkylation sites (tertiary alicyclic amines) is 1. The van der Waals surface area contributed by atoms with Crippen molar-refractivity contribution < 1.29 is 4.39 Å². The van der Waals surface area contributed by atoms with Gasteiger partial charge in [-0.25, -0.2) is 9.37 Å². The van der Waals surface area contributed by atoms with Gasteiger partial charge in [-0.1, -0.05) is 30.4 Å². The number of hydrogen-bond donors (Lipinski definition) is 0. The van der Waals surface area contributed by atoms with E-state index >= 15 is 0 Å². The lowest BCUT2D eigenvalue weighted by Gasteiger charge is -2.45. The fraction of sp³-hybridized carbons (Fsp3) is 0.409. The molecule has 4 heteroatoms. The highest BCUT2D eigenvalue weighted by Gasteiger charge is 2.42. The van der Waals surface area contributed by atoms with Gasteiger partial charge in [-0.05, 0) is 62.1 Å². The molecule has 0 aliphatic carbocycles. The number of halogens is 1. The first kappa shape index (κ1) is 17.2. The van der Waals surface area contributed by atoms with E-state index in [0.29, 0.717) is 5.54 Å². The Morgan fingerprint density at radius 3 is 2.54 bits per heavy atom. The minimum Gasteiger partial charge on any atom is -0.356 e. The Balaban J connectivity index is 1.37. The van der Waals surface area contributed by atoms with E-state index in [0.717, 1.165) is 31.0 Å². The van der Waals surface area contributed by atoms with Crippen LogP contribution >= 0.6 is 0 Å². The van der Waals surface area contributed by atoms with Crippen molar-refractivity contribution in [1.29, 1.82) is 0 Å². The highest BCUT2D eigenvalue weighted by molar-refractivity contribution is 5.49. The lowest BCUT2D eigenvalue weighted by molar-refractivity contribution is 0.121. The van der Waals surface area contributed by atoms with E-state index in [9.17, 15) is 4.39 Å². The number of anilines is 1. The number of benzene rings is 1. The molecule has 1 aromatic heterocycles. The van der Waals surface area contributed by atoms with E-state index in [1.165, 1.54) is 44.4 Å². The summed E-state index contributed by atoms with van der Waals surface area (Å²) < 4.78 is 13.0. The minimum atomic E-state index is -0.180. The molecule has 2 fully saturated rings. The maximum Gasteiger partial charge on any atom is 0.128 e. The average molecular weight is 351 g/mol. The molecule has 2 aromatic rings. The molecule has 0 amide bonds. The molecule has 2 aliphatic rings. The van der Waals surface area contributed by atoms with E-state index in [1.54, 1.807) is 0 Å². The molecule has 0 N–H and O–H groups in total. The normalized spacial score (nSPS) is 20.3. The fourth-order valence-electron chi connectivity index (χ4n) is 4.43. The molecule has 4 rings (SSSR count). The van der Waals surface area contributed by atoms with Crippen LogP contribution in [0.1, 0.15) is 31.2 Å². The molecule has 26 heavy (non-hydrogen) atoms. The zero-order valence-corrected chi connectivity index (χ0v) is 15.1. The van der Waals surface area contributed by atoms with Crippen LogP contribution in [0.4, 0.5) is 10.2 Å². The van der Waals surface area contributed by atoms with Crippen LogP contribution in [-0.2, 0) is 0 Å². The van der Waals surface area contributed by atoms with Crippen molar-refractivity contribution in [1.82, 2.24) is 9.88 Å². The van der Waals surface area contributed by atoms with Gasteiger partial charge in [-0.15, -0.1) is 0 Å². The highest BCUT2D eigenvalue weighted by atomic mass is 19.1. The van der Waals surface area contributed by atoms with Crippen LogP contribution in [0.3, 0.4) is 0 Å². The van der Waals surface area contributed by atoms with Crippen molar-refractivity contribution in [3.8, 4) is 0 Å². The van der Waals surface area contributed by atoms with Gasteiger partial charge in [-0.3, -0.25) is 4.90 Å². The lowest BCUT2D eigenvalue weighted by atomic mass is 9.85. The molecule has 0 radical (unpaired) electrons. The molecule has 1 spiro atoms. The first-order chi connectivity index (χ1) is 12.8. The topological polar surface area (TPSA) is 19.4 Å². The standard InChI is InChI=1S/C22H26FN3/c23-20-9-7-19(8-10-20)5-3-15-26-16-4-11-22(26)12-17-25(18-13-22)21-6-1-2-14-24-21/h1-3,5-10,14H,4,11-13,15-18H2/b5-3+. The molecular weight excluding hydrogens is 325 g/mol. The molecule has 3 nitrogen and oxygen atoms in total. The number of aromatic nitrogens is 1. The van der Waals surface area contributed by atoms with Gasteiger partial charge < -0.3 is 4.90 Å². The van der Waals surface area contributed by atoms with E-state index in [4.69, 9.17) is 0 Å². The second kappa shape index (κ2) is 7.58. The first-order valence-electron chi connectivity index (χ1n) is 9.58. The summed E-state index contributed by atoms with van der Waals surface area (Å²) in [6.45, 7) is 4.31. The molecule has 0 atom stereocenters. The third-order valence-electron chi connectivity index (χ3n) is 5.91. The second-order valence-electron chi connectivity index (χ2n) is 7.40. The zero-order chi connectivity index (χ0) is 17.8. The summed E-state index contributed by atoms with van der Waals surface area (Å²) in [4.78, 5) is 9.57. The van der Waals surface area contributed by atoms with E-state index < -0.39 is 0 Å². The summed E-state index contributed by atoms with van der Waals surface area (Å²) in [5, 5.41) is 0. The van der Waals surface area contributed by atoms with Gasteiger partial charge in [0.05, 0.1) is 0 Å². The molecule has 2 aliphatic heterocycles. The maximum atomic E-state index is 13.0. The Morgan fingerprint density at radius 2 is 1.81 bits per heavy atom. The number of nitrogens with zero attached hydrogens (tertiary/aromatic N) is 3. The van der Waals surface area contributed by atoms with E-state index in [1.807, 2.05) is 24.4 Å². The van der Waals surface area contributed by atoms with Crippen molar-refractivity contribution >= 4 is 11.9 Å². The number of rotatable bonds is 4.